The molecule has 130 valence electrons. The van der Waals surface area contributed by atoms with Crippen LogP contribution in [-0.4, -0.2) is 38.2 Å². The molecule has 0 aromatic carbocycles. The molecule has 0 aliphatic rings. The second-order valence-electron chi connectivity index (χ2n) is 7.42. The van der Waals surface area contributed by atoms with Gasteiger partial charge in [0.1, 0.15) is 0 Å². The number of esters is 1. The van der Waals surface area contributed by atoms with Gasteiger partial charge in [0.2, 0.25) is 0 Å². The summed E-state index contributed by atoms with van der Waals surface area (Å²) in [6.45, 7) is 16.9. The van der Waals surface area contributed by atoms with Crippen LogP contribution >= 0.6 is 0 Å². The summed E-state index contributed by atoms with van der Waals surface area (Å²) in [5.41, 5.74) is 0.541. The first-order valence-corrected chi connectivity index (χ1v) is 11.0. The third-order valence-electron chi connectivity index (χ3n) is 4.20. The molecule has 2 atom stereocenters. The van der Waals surface area contributed by atoms with E-state index in [0.717, 1.165) is 0 Å². The van der Waals surface area contributed by atoms with Crippen LogP contribution in [0.15, 0.2) is 11.6 Å². The fourth-order valence-corrected chi connectivity index (χ4v) is 3.30. The predicted molar refractivity (Wildman–Crippen MR) is 93.4 cm³/mol. The van der Waals surface area contributed by atoms with Gasteiger partial charge in [0.05, 0.1) is 12.7 Å². The normalized spacial score (nSPS) is 16.3. The Bertz CT molecular complexity index is 383. The summed E-state index contributed by atoms with van der Waals surface area (Å²) in [4.78, 5) is 11.5. The van der Waals surface area contributed by atoms with E-state index in [1.807, 2.05) is 6.92 Å². The van der Waals surface area contributed by atoms with E-state index in [0.29, 0.717) is 25.0 Å². The van der Waals surface area contributed by atoms with Crippen LogP contribution in [0, 0.1) is 0 Å². The molecule has 22 heavy (non-hydrogen) atoms. The summed E-state index contributed by atoms with van der Waals surface area (Å²) in [6, 6.07) is 0. The van der Waals surface area contributed by atoms with Crippen molar-refractivity contribution in [1.82, 2.24) is 0 Å². The minimum absolute atomic E-state index is 0.00666. The molecule has 0 rings (SSSR count). The van der Waals surface area contributed by atoms with Gasteiger partial charge in [-0.1, -0.05) is 26.8 Å². The predicted octanol–water partition coefficient (Wildman–Crippen LogP) is 4.05. The monoisotopic (exact) mass is 330 g/mol. The van der Waals surface area contributed by atoms with E-state index in [1.165, 1.54) is 0 Å². The summed E-state index contributed by atoms with van der Waals surface area (Å²) in [5.74, 6) is -0.319. The molecule has 0 heterocycles. The van der Waals surface area contributed by atoms with Gasteiger partial charge in [-0.15, -0.1) is 0 Å². The second-order valence-corrected chi connectivity index (χ2v) is 12.2. The Morgan fingerprint density at radius 2 is 1.86 bits per heavy atom. The number of hydrogen-bond acceptors (Lipinski definition) is 4. The van der Waals surface area contributed by atoms with Crippen LogP contribution in [0.1, 0.15) is 54.4 Å². The van der Waals surface area contributed by atoms with Crippen molar-refractivity contribution in [2.24, 2.45) is 0 Å². The van der Waals surface area contributed by atoms with E-state index >= 15 is 0 Å². The van der Waals surface area contributed by atoms with Gasteiger partial charge in [-0.2, -0.15) is 0 Å². The van der Waals surface area contributed by atoms with E-state index in [2.05, 4.69) is 33.9 Å². The van der Waals surface area contributed by atoms with Gasteiger partial charge in [0.15, 0.2) is 8.32 Å². The Morgan fingerprint density at radius 3 is 2.32 bits per heavy atom. The average molecular weight is 331 g/mol. The number of ether oxygens (including phenoxy) is 1. The largest absolute Gasteiger partial charge is 0.463 e. The lowest BCUT2D eigenvalue weighted by Gasteiger charge is -2.38. The second kappa shape index (κ2) is 8.84. The van der Waals surface area contributed by atoms with Crippen LogP contribution in [0.3, 0.4) is 0 Å². The zero-order valence-corrected chi connectivity index (χ0v) is 16.5. The molecule has 0 saturated carbocycles. The van der Waals surface area contributed by atoms with Gasteiger partial charge in [-0.3, -0.25) is 0 Å². The Labute approximate surface area is 137 Å². The van der Waals surface area contributed by atoms with Crippen LogP contribution in [0.5, 0.6) is 0 Å². The SMILES string of the molecule is CCOC(=O)C(C)=CCC(O)CC(C)O[Si](C)(C)C(C)(C)C. The molecular weight excluding hydrogens is 296 g/mol. The molecule has 0 aliphatic heterocycles. The molecule has 0 aromatic heterocycles. The number of hydrogen-bond donors (Lipinski definition) is 1. The summed E-state index contributed by atoms with van der Waals surface area (Å²) in [5, 5.41) is 10.3. The summed E-state index contributed by atoms with van der Waals surface area (Å²) in [7, 11) is -1.81. The molecule has 0 aliphatic carbocycles. The van der Waals surface area contributed by atoms with Crippen LogP contribution in [0.2, 0.25) is 18.1 Å². The van der Waals surface area contributed by atoms with Crippen LogP contribution in [0.4, 0.5) is 0 Å². The average Bonchev–Trinajstić information content (AvgIpc) is 2.33. The van der Waals surface area contributed by atoms with E-state index in [1.54, 1.807) is 19.9 Å². The van der Waals surface area contributed by atoms with Crippen LogP contribution in [-0.2, 0) is 14.0 Å². The lowest BCUT2D eigenvalue weighted by atomic mass is 10.1. The highest BCUT2D eigenvalue weighted by molar-refractivity contribution is 6.74. The number of carbonyl (C=O) groups excluding carboxylic acids is 1. The highest BCUT2D eigenvalue weighted by Gasteiger charge is 2.38. The molecule has 2 unspecified atom stereocenters. The van der Waals surface area contributed by atoms with Crippen molar-refractivity contribution in [2.75, 3.05) is 6.61 Å². The summed E-state index contributed by atoms with van der Waals surface area (Å²) in [6.07, 6.45) is 2.24. The Hall–Kier alpha value is -0.653. The summed E-state index contributed by atoms with van der Waals surface area (Å²) >= 11 is 0. The van der Waals surface area contributed by atoms with Crippen LogP contribution in [0.25, 0.3) is 0 Å². The lowest BCUT2D eigenvalue weighted by molar-refractivity contribution is -0.138. The first kappa shape index (κ1) is 21.3. The van der Waals surface area contributed by atoms with Crippen LogP contribution < -0.4 is 0 Å². The molecule has 0 bridgehead atoms. The molecule has 0 amide bonds. The summed E-state index contributed by atoms with van der Waals surface area (Å²) < 4.78 is 11.1. The van der Waals surface area contributed by atoms with Crippen molar-refractivity contribution in [1.29, 1.82) is 0 Å². The first-order valence-electron chi connectivity index (χ1n) is 8.10. The number of aliphatic hydroxyl groups excluding tert-OH is 1. The molecule has 0 aromatic rings. The Kier molecular flexibility index (Phi) is 8.58. The highest BCUT2D eigenvalue weighted by atomic mass is 28.4. The van der Waals surface area contributed by atoms with Gasteiger partial charge in [0, 0.05) is 11.7 Å². The zero-order chi connectivity index (χ0) is 17.6. The van der Waals surface area contributed by atoms with Gasteiger partial charge in [-0.25, -0.2) is 4.79 Å². The van der Waals surface area contributed by atoms with Gasteiger partial charge < -0.3 is 14.3 Å². The Balaban J connectivity index is 4.41. The van der Waals surface area contributed by atoms with E-state index in [9.17, 15) is 9.90 Å². The van der Waals surface area contributed by atoms with E-state index in [-0.39, 0.29) is 17.1 Å². The number of rotatable bonds is 8. The third-order valence-corrected chi connectivity index (χ3v) is 8.80. The quantitative estimate of drug-likeness (QED) is 0.414. The van der Waals surface area contributed by atoms with Gasteiger partial charge in [0.25, 0.3) is 0 Å². The maximum absolute atomic E-state index is 11.5. The van der Waals surface area contributed by atoms with Crippen molar-refractivity contribution >= 4 is 14.3 Å². The maximum atomic E-state index is 11.5. The van der Waals surface area contributed by atoms with E-state index < -0.39 is 14.4 Å². The molecule has 4 nitrogen and oxygen atoms in total. The highest BCUT2D eigenvalue weighted by Crippen LogP contribution is 2.37. The number of carbonyl (C=O) groups is 1. The molecule has 0 radical (unpaired) electrons. The zero-order valence-electron chi connectivity index (χ0n) is 15.5. The van der Waals surface area contributed by atoms with Crippen molar-refractivity contribution < 1.29 is 19.1 Å². The molecule has 1 N–H and O–H groups in total. The smallest absolute Gasteiger partial charge is 0.333 e. The van der Waals surface area contributed by atoms with Crippen molar-refractivity contribution in [3.05, 3.63) is 11.6 Å². The van der Waals surface area contributed by atoms with E-state index in [4.69, 9.17) is 9.16 Å². The number of aliphatic hydroxyl groups is 1. The molecule has 5 heteroatoms. The Morgan fingerprint density at radius 1 is 1.32 bits per heavy atom. The fourth-order valence-electron chi connectivity index (χ4n) is 1.85. The third kappa shape index (κ3) is 7.56. The lowest BCUT2D eigenvalue weighted by Crippen LogP contribution is -2.43. The van der Waals surface area contributed by atoms with Crippen molar-refractivity contribution in [2.45, 2.75) is 84.7 Å². The maximum Gasteiger partial charge on any atom is 0.333 e. The molecule has 0 spiro atoms. The molecular formula is C17H34O4Si. The van der Waals surface area contributed by atoms with Crippen molar-refractivity contribution in [3.63, 3.8) is 0 Å². The van der Waals surface area contributed by atoms with Crippen molar-refractivity contribution in [3.8, 4) is 0 Å². The fraction of sp³-hybridized carbons (Fsp3) is 0.824. The van der Waals surface area contributed by atoms with Gasteiger partial charge in [-0.05, 0) is 51.7 Å². The first-order chi connectivity index (χ1) is 9.90. The molecule has 0 saturated heterocycles. The minimum Gasteiger partial charge on any atom is -0.463 e. The molecule has 0 fully saturated rings. The van der Waals surface area contributed by atoms with Gasteiger partial charge >= 0.3 is 5.97 Å². The standard InChI is InChI=1S/C17H34O4Si/c1-9-20-16(19)13(2)10-11-15(18)12-14(3)21-22(7,8)17(4,5)6/h10,14-15,18H,9,11-12H2,1-8H3. The topological polar surface area (TPSA) is 55.8 Å². The minimum atomic E-state index is -1.81.